The molecule has 0 saturated carbocycles. The summed E-state index contributed by atoms with van der Waals surface area (Å²) < 4.78 is 0. The van der Waals surface area contributed by atoms with Crippen molar-refractivity contribution < 1.29 is 9.59 Å². The number of carbonyl (C=O) groups is 2. The third-order valence-electron chi connectivity index (χ3n) is 4.91. The molecular formula is C21H31N5O2. The van der Waals surface area contributed by atoms with E-state index in [1.807, 2.05) is 51.1 Å². The Kier molecular flexibility index (Phi) is 8.42. The highest BCUT2D eigenvalue weighted by Crippen LogP contribution is 2.17. The summed E-state index contributed by atoms with van der Waals surface area (Å²) in [6.45, 7) is 9.60. The lowest BCUT2D eigenvalue weighted by atomic mass is 10.1. The van der Waals surface area contributed by atoms with Crippen LogP contribution < -0.4 is 10.2 Å². The zero-order valence-electron chi connectivity index (χ0n) is 17.1. The second-order valence-electron chi connectivity index (χ2n) is 7.44. The highest BCUT2D eigenvalue weighted by atomic mass is 16.2. The van der Waals surface area contributed by atoms with Crippen LogP contribution in [0.25, 0.3) is 0 Å². The summed E-state index contributed by atoms with van der Waals surface area (Å²) in [4.78, 5) is 31.0. The van der Waals surface area contributed by atoms with E-state index >= 15 is 0 Å². The van der Waals surface area contributed by atoms with Crippen molar-refractivity contribution in [3.8, 4) is 6.07 Å². The molecule has 1 aromatic rings. The van der Waals surface area contributed by atoms with E-state index in [-0.39, 0.29) is 23.9 Å². The number of carbonyl (C=O) groups excluding carboxylic acids is 2. The van der Waals surface area contributed by atoms with Gasteiger partial charge in [-0.05, 0) is 32.9 Å². The predicted octanol–water partition coefficient (Wildman–Crippen LogP) is 1.46. The minimum atomic E-state index is -0.273. The number of amides is 2. The first-order valence-electron chi connectivity index (χ1n) is 9.91. The molecule has 0 radical (unpaired) electrons. The van der Waals surface area contributed by atoms with Crippen LogP contribution in [-0.2, 0) is 9.59 Å². The summed E-state index contributed by atoms with van der Waals surface area (Å²) in [7, 11) is 0. The first-order chi connectivity index (χ1) is 13.4. The number of nitrogens with one attached hydrogen (secondary N) is 1. The standard InChI is InChI=1S/C21H31N5O2/c1-17(2)23-20(27)16-24-12-14-25(15-13-24)18(3)21(28)26(11-7-10-22)19-8-5-4-6-9-19/h4-6,8-9,17-18H,7,11-16H2,1-3H3,(H,23,27). The van der Waals surface area contributed by atoms with Crippen molar-refractivity contribution in [2.24, 2.45) is 0 Å². The number of benzene rings is 1. The molecule has 1 aliphatic heterocycles. The Balaban J connectivity index is 1.93. The average molecular weight is 386 g/mol. The van der Waals surface area contributed by atoms with E-state index in [1.165, 1.54) is 0 Å². The number of piperazine rings is 1. The molecule has 28 heavy (non-hydrogen) atoms. The molecular weight excluding hydrogens is 354 g/mol. The van der Waals surface area contributed by atoms with Gasteiger partial charge in [0.15, 0.2) is 0 Å². The van der Waals surface area contributed by atoms with Gasteiger partial charge in [0.2, 0.25) is 11.8 Å². The van der Waals surface area contributed by atoms with Gasteiger partial charge < -0.3 is 10.2 Å². The van der Waals surface area contributed by atoms with Crippen LogP contribution >= 0.6 is 0 Å². The average Bonchev–Trinajstić information content (AvgIpc) is 2.68. The van der Waals surface area contributed by atoms with E-state index in [4.69, 9.17) is 5.26 Å². The van der Waals surface area contributed by atoms with Crippen molar-refractivity contribution >= 4 is 17.5 Å². The smallest absolute Gasteiger partial charge is 0.244 e. The molecule has 0 bridgehead atoms. The van der Waals surface area contributed by atoms with Gasteiger partial charge in [-0.25, -0.2) is 0 Å². The molecule has 7 heteroatoms. The SMILES string of the molecule is CC(C)NC(=O)CN1CCN(C(C)C(=O)N(CCC#N)c2ccccc2)CC1. The Morgan fingerprint density at radius 1 is 1.14 bits per heavy atom. The molecule has 1 fully saturated rings. The maximum absolute atomic E-state index is 13.1. The Bertz CT molecular complexity index is 678. The largest absolute Gasteiger partial charge is 0.353 e. The molecule has 2 rings (SSSR count). The molecule has 0 spiro atoms. The quantitative estimate of drug-likeness (QED) is 0.733. The number of rotatable bonds is 8. The Labute approximate surface area is 167 Å². The maximum atomic E-state index is 13.1. The van der Waals surface area contributed by atoms with Crippen LogP contribution in [0.4, 0.5) is 5.69 Å². The number of nitriles is 1. The molecule has 1 unspecified atom stereocenters. The van der Waals surface area contributed by atoms with Crippen LogP contribution in [0, 0.1) is 11.3 Å². The van der Waals surface area contributed by atoms with Gasteiger partial charge in [0.25, 0.3) is 0 Å². The number of hydrogen-bond donors (Lipinski definition) is 1. The molecule has 7 nitrogen and oxygen atoms in total. The van der Waals surface area contributed by atoms with E-state index in [2.05, 4.69) is 21.2 Å². The van der Waals surface area contributed by atoms with Crippen LogP contribution in [0.5, 0.6) is 0 Å². The van der Waals surface area contributed by atoms with Crippen LogP contribution in [-0.4, -0.2) is 73.0 Å². The molecule has 1 aliphatic rings. The first kappa shape index (κ1) is 21.9. The van der Waals surface area contributed by atoms with Gasteiger partial charge in [-0.15, -0.1) is 0 Å². The first-order valence-corrected chi connectivity index (χ1v) is 9.91. The summed E-state index contributed by atoms with van der Waals surface area (Å²) in [6, 6.07) is 11.5. The Hall–Kier alpha value is -2.43. The third kappa shape index (κ3) is 6.32. The van der Waals surface area contributed by atoms with Crippen molar-refractivity contribution in [1.82, 2.24) is 15.1 Å². The molecule has 1 N–H and O–H groups in total. The molecule has 1 heterocycles. The molecule has 0 aromatic heterocycles. The van der Waals surface area contributed by atoms with Gasteiger partial charge in [-0.2, -0.15) is 5.26 Å². The molecule has 1 saturated heterocycles. The Morgan fingerprint density at radius 3 is 2.36 bits per heavy atom. The second kappa shape index (κ2) is 10.8. The number of para-hydroxylation sites is 1. The molecule has 1 aromatic carbocycles. The van der Waals surface area contributed by atoms with E-state index in [9.17, 15) is 9.59 Å². The fourth-order valence-electron chi connectivity index (χ4n) is 3.40. The Morgan fingerprint density at radius 2 is 1.79 bits per heavy atom. The predicted molar refractivity (Wildman–Crippen MR) is 110 cm³/mol. The second-order valence-corrected chi connectivity index (χ2v) is 7.44. The monoisotopic (exact) mass is 385 g/mol. The van der Waals surface area contributed by atoms with E-state index in [0.29, 0.717) is 19.5 Å². The van der Waals surface area contributed by atoms with Gasteiger partial charge in [-0.3, -0.25) is 19.4 Å². The van der Waals surface area contributed by atoms with Gasteiger partial charge in [0.1, 0.15) is 0 Å². The lowest BCUT2D eigenvalue weighted by Crippen LogP contribution is -2.56. The number of hydrogen-bond acceptors (Lipinski definition) is 5. The number of nitrogens with zero attached hydrogens (tertiary/aromatic N) is 4. The van der Waals surface area contributed by atoms with Crippen molar-refractivity contribution in [2.75, 3.05) is 44.2 Å². The number of anilines is 1. The fraction of sp³-hybridized carbons (Fsp3) is 0.571. The van der Waals surface area contributed by atoms with Crippen LogP contribution in [0.2, 0.25) is 0 Å². The summed E-state index contributed by atoms with van der Waals surface area (Å²) in [5, 5.41) is 11.9. The van der Waals surface area contributed by atoms with Crippen molar-refractivity contribution in [3.05, 3.63) is 30.3 Å². The maximum Gasteiger partial charge on any atom is 0.244 e. The van der Waals surface area contributed by atoms with Crippen LogP contribution in [0.3, 0.4) is 0 Å². The van der Waals surface area contributed by atoms with Crippen molar-refractivity contribution in [1.29, 1.82) is 5.26 Å². The highest BCUT2D eigenvalue weighted by molar-refractivity contribution is 5.97. The molecule has 0 aliphatic carbocycles. The lowest BCUT2D eigenvalue weighted by molar-refractivity contribution is -0.126. The third-order valence-corrected chi connectivity index (χ3v) is 4.91. The van der Waals surface area contributed by atoms with Crippen LogP contribution in [0.15, 0.2) is 30.3 Å². The molecule has 152 valence electrons. The lowest BCUT2D eigenvalue weighted by Gasteiger charge is -2.38. The van der Waals surface area contributed by atoms with Crippen molar-refractivity contribution in [2.45, 2.75) is 39.3 Å². The van der Waals surface area contributed by atoms with E-state index in [0.717, 1.165) is 31.9 Å². The van der Waals surface area contributed by atoms with Gasteiger partial charge >= 0.3 is 0 Å². The zero-order chi connectivity index (χ0) is 20.5. The van der Waals surface area contributed by atoms with Gasteiger partial charge in [0, 0.05) is 44.5 Å². The van der Waals surface area contributed by atoms with E-state index in [1.54, 1.807) is 4.90 Å². The van der Waals surface area contributed by atoms with Crippen LogP contribution in [0.1, 0.15) is 27.2 Å². The van der Waals surface area contributed by atoms with E-state index < -0.39 is 0 Å². The zero-order valence-corrected chi connectivity index (χ0v) is 17.1. The molecule has 1 atom stereocenters. The topological polar surface area (TPSA) is 79.7 Å². The minimum Gasteiger partial charge on any atom is -0.353 e. The summed E-state index contributed by atoms with van der Waals surface area (Å²) in [5.74, 6) is 0.0479. The summed E-state index contributed by atoms with van der Waals surface area (Å²) in [5.41, 5.74) is 0.818. The highest BCUT2D eigenvalue weighted by Gasteiger charge is 2.29. The fourth-order valence-corrected chi connectivity index (χ4v) is 3.40. The summed E-state index contributed by atoms with van der Waals surface area (Å²) in [6.07, 6.45) is 0.298. The minimum absolute atomic E-state index is 0.00690. The van der Waals surface area contributed by atoms with Gasteiger partial charge in [-0.1, -0.05) is 18.2 Å². The molecule has 2 amide bonds. The summed E-state index contributed by atoms with van der Waals surface area (Å²) >= 11 is 0. The normalized spacial score (nSPS) is 16.4. The van der Waals surface area contributed by atoms with Gasteiger partial charge in [0.05, 0.1) is 25.1 Å². The van der Waals surface area contributed by atoms with Crippen molar-refractivity contribution in [3.63, 3.8) is 0 Å².